The van der Waals surface area contributed by atoms with Crippen LogP contribution in [0.15, 0.2) is 42.5 Å². The van der Waals surface area contributed by atoms with Crippen LogP contribution in [-0.2, 0) is 20.8 Å². The quantitative estimate of drug-likeness (QED) is 0.683. The van der Waals surface area contributed by atoms with Gasteiger partial charge in [-0.1, -0.05) is 23.7 Å². The van der Waals surface area contributed by atoms with E-state index in [0.29, 0.717) is 17.9 Å². The highest BCUT2D eigenvalue weighted by Gasteiger charge is 2.26. The fraction of sp³-hybridized carbons (Fsp3) is 0.348. The van der Waals surface area contributed by atoms with E-state index in [-0.39, 0.29) is 28.6 Å². The van der Waals surface area contributed by atoms with Gasteiger partial charge in [-0.05, 0) is 61.8 Å². The molecule has 8 heteroatoms. The van der Waals surface area contributed by atoms with Gasteiger partial charge < -0.3 is 14.8 Å². The summed E-state index contributed by atoms with van der Waals surface area (Å²) in [6.07, 6.45) is 1.40. The van der Waals surface area contributed by atoms with Gasteiger partial charge >= 0.3 is 11.9 Å². The molecule has 0 radical (unpaired) electrons. The molecule has 3 rings (SSSR count). The second-order valence-electron chi connectivity index (χ2n) is 7.41. The molecule has 0 atom stereocenters. The summed E-state index contributed by atoms with van der Waals surface area (Å²) in [6.45, 7) is 2.37. The third kappa shape index (κ3) is 5.83. The SMILES string of the molecule is COC(=O)c1ccc(C(=O)OC)c(NC(=O)C2CCN(Cc3ccc(Cl)cc3)CC2)c1. The lowest BCUT2D eigenvalue weighted by atomic mass is 9.95. The second kappa shape index (κ2) is 10.4. The van der Waals surface area contributed by atoms with Gasteiger partial charge in [0.2, 0.25) is 5.91 Å². The number of ether oxygens (including phenoxy) is 2. The number of halogens is 1. The van der Waals surface area contributed by atoms with Crippen molar-refractivity contribution in [3.63, 3.8) is 0 Å². The average molecular weight is 445 g/mol. The van der Waals surface area contributed by atoms with E-state index < -0.39 is 11.9 Å². The minimum atomic E-state index is -0.593. The van der Waals surface area contributed by atoms with E-state index in [1.165, 1.54) is 38.0 Å². The van der Waals surface area contributed by atoms with Crippen molar-refractivity contribution < 1.29 is 23.9 Å². The van der Waals surface area contributed by atoms with Crippen LogP contribution in [0.2, 0.25) is 5.02 Å². The van der Waals surface area contributed by atoms with Crippen molar-refractivity contribution in [1.29, 1.82) is 0 Å². The number of nitrogens with zero attached hydrogens (tertiary/aromatic N) is 1. The van der Waals surface area contributed by atoms with Crippen LogP contribution in [0, 0.1) is 5.92 Å². The van der Waals surface area contributed by atoms with Gasteiger partial charge in [0.15, 0.2) is 0 Å². The molecule has 1 fully saturated rings. The van der Waals surface area contributed by atoms with Crippen molar-refractivity contribution in [3.8, 4) is 0 Å². The molecule has 2 aromatic carbocycles. The summed E-state index contributed by atoms with van der Waals surface area (Å²) in [4.78, 5) is 39.1. The molecule has 0 bridgehead atoms. The first-order chi connectivity index (χ1) is 14.9. The molecule has 1 aliphatic rings. The van der Waals surface area contributed by atoms with E-state index in [9.17, 15) is 14.4 Å². The van der Waals surface area contributed by atoms with E-state index in [1.807, 2.05) is 24.3 Å². The van der Waals surface area contributed by atoms with E-state index in [0.717, 1.165) is 19.6 Å². The molecule has 0 saturated carbocycles. The molecule has 7 nitrogen and oxygen atoms in total. The largest absolute Gasteiger partial charge is 0.465 e. The van der Waals surface area contributed by atoms with E-state index in [2.05, 4.69) is 10.2 Å². The molecular formula is C23H25ClN2O5. The fourth-order valence-corrected chi connectivity index (χ4v) is 3.74. The number of carbonyl (C=O) groups is 3. The smallest absolute Gasteiger partial charge is 0.339 e. The summed E-state index contributed by atoms with van der Waals surface area (Å²) >= 11 is 5.94. The standard InChI is InChI=1S/C23H25ClN2O5/c1-30-22(28)17-5-8-19(23(29)31-2)20(13-17)25-21(27)16-9-11-26(12-10-16)14-15-3-6-18(24)7-4-15/h3-8,13,16H,9-12,14H2,1-2H3,(H,25,27). The normalized spacial score (nSPS) is 14.7. The van der Waals surface area contributed by atoms with Gasteiger partial charge in [0.1, 0.15) is 0 Å². The summed E-state index contributed by atoms with van der Waals surface area (Å²) in [7, 11) is 2.53. The molecule has 31 heavy (non-hydrogen) atoms. The van der Waals surface area contributed by atoms with Crippen LogP contribution in [0.3, 0.4) is 0 Å². The third-order valence-electron chi connectivity index (χ3n) is 5.38. The number of likely N-dealkylation sites (tertiary alicyclic amines) is 1. The Kier molecular flexibility index (Phi) is 7.65. The van der Waals surface area contributed by atoms with Crippen molar-refractivity contribution in [2.45, 2.75) is 19.4 Å². The van der Waals surface area contributed by atoms with Crippen LogP contribution in [0.4, 0.5) is 5.69 Å². The van der Waals surface area contributed by atoms with Crippen LogP contribution in [0.1, 0.15) is 39.1 Å². The van der Waals surface area contributed by atoms with Crippen molar-refractivity contribution in [2.75, 3.05) is 32.6 Å². The molecule has 2 aromatic rings. The molecule has 0 aliphatic carbocycles. The molecule has 1 amide bonds. The Hall–Kier alpha value is -2.90. The molecule has 0 aromatic heterocycles. The van der Waals surface area contributed by atoms with Crippen LogP contribution in [0.5, 0.6) is 0 Å². The maximum Gasteiger partial charge on any atom is 0.339 e. The summed E-state index contributed by atoms with van der Waals surface area (Å²) in [6, 6.07) is 12.1. The number of benzene rings is 2. The predicted molar refractivity (Wildman–Crippen MR) is 117 cm³/mol. The zero-order valence-corrected chi connectivity index (χ0v) is 18.3. The van der Waals surface area contributed by atoms with E-state index >= 15 is 0 Å². The molecule has 1 saturated heterocycles. The number of anilines is 1. The van der Waals surface area contributed by atoms with Crippen molar-refractivity contribution in [3.05, 3.63) is 64.2 Å². The first kappa shape index (κ1) is 22.8. The number of methoxy groups -OCH3 is 2. The third-order valence-corrected chi connectivity index (χ3v) is 5.63. The highest BCUT2D eigenvalue weighted by molar-refractivity contribution is 6.30. The topological polar surface area (TPSA) is 84.9 Å². The lowest BCUT2D eigenvalue weighted by molar-refractivity contribution is -0.121. The molecule has 164 valence electrons. The zero-order valence-electron chi connectivity index (χ0n) is 17.5. The Labute approximate surface area is 186 Å². The summed E-state index contributed by atoms with van der Waals surface area (Å²) < 4.78 is 9.51. The summed E-state index contributed by atoms with van der Waals surface area (Å²) in [5, 5.41) is 3.51. The van der Waals surface area contributed by atoms with Crippen LogP contribution < -0.4 is 5.32 Å². The molecule has 1 N–H and O–H groups in total. The molecular weight excluding hydrogens is 420 g/mol. The molecule has 0 spiro atoms. The monoisotopic (exact) mass is 444 g/mol. The Balaban J connectivity index is 1.64. The van der Waals surface area contributed by atoms with Crippen LogP contribution in [0.25, 0.3) is 0 Å². The van der Waals surface area contributed by atoms with Crippen molar-refractivity contribution in [1.82, 2.24) is 4.90 Å². The average Bonchev–Trinajstić information content (AvgIpc) is 2.80. The number of rotatable bonds is 6. The lowest BCUT2D eigenvalue weighted by Crippen LogP contribution is -2.38. The minimum absolute atomic E-state index is 0.182. The first-order valence-corrected chi connectivity index (χ1v) is 10.4. The maximum absolute atomic E-state index is 12.9. The highest BCUT2D eigenvalue weighted by atomic mass is 35.5. The van der Waals surface area contributed by atoms with Crippen LogP contribution in [-0.4, -0.2) is 50.1 Å². The van der Waals surface area contributed by atoms with Gasteiger partial charge in [-0.15, -0.1) is 0 Å². The Morgan fingerprint density at radius 1 is 1.00 bits per heavy atom. The van der Waals surface area contributed by atoms with Gasteiger partial charge in [-0.2, -0.15) is 0 Å². The minimum Gasteiger partial charge on any atom is -0.465 e. The highest BCUT2D eigenvalue weighted by Crippen LogP contribution is 2.24. The Morgan fingerprint density at radius 3 is 2.26 bits per heavy atom. The second-order valence-corrected chi connectivity index (χ2v) is 7.85. The van der Waals surface area contributed by atoms with Crippen LogP contribution >= 0.6 is 11.6 Å². The van der Waals surface area contributed by atoms with Gasteiger partial charge in [0.25, 0.3) is 0 Å². The molecule has 1 heterocycles. The number of nitrogens with one attached hydrogen (secondary N) is 1. The summed E-state index contributed by atoms with van der Waals surface area (Å²) in [5.41, 5.74) is 1.84. The van der Waals surface area contributed by atoms with Gasteiger partial charge in [-0.25, -0.2) is 9.59 Å². The number of esters is 2. The lowest BCUT2D eigenvalue weighted by Gasteiger charge is -2.31. The fourth-order valence-electron chi connectivity index (χ4n) is 3.62. The molecule has 1 aliphatic heterocycles. The number of piperidine rings is 1. The number of hydrogen-bond donors (Lipinski definition) is 1. The van der Waals surface area contributed by atoms with Gasteiger partial charge in [0, 0.05) is 17.5 Å². The van der Waals surface area contributed by atoms with E-state index in [1.54, 1.807) is 0 Å². The van der Waals surface area contributed by atoms with Crippen molar-refractivity contribution >= 4 is 35.1 Å². The van der Waals surface area contributed by atoms with Gasteiger partial charge in [-0.3, -0.25) is 9.69 Å². The number of carbonyl (C=O) groups excluding carboxylic acids is 3. The number of hydrogen-bond acceptors (Lipinski definition) is 6. The summed E-state index contributed by atoms with van der Waals surface area (Å²) in [5.74, 6) is -1.51. The first-order valence-electron chi connectivity index (χ1n) is 9.99. The molecule has 0 unspecified atom stereocenters. The van der Waals surface area contributed by atoms with Gasteiger partial charge in [0.05, 0.1) is 31.0 Å². The van der Waals surface area contributed by atoms with E-state index in [4.69, 9.17) is 21.1 Å². The predicted octanol–water partition coefficient (Wildman–Crippen LogP) is 3.76. The van der Waals surface area contributed by atoms with Crippen molar-refractivity contribution in [2.24, 2.45) is 5.92 Å². The zero-order chi connectivity index (χ0) is 22.4. The Bertz CT molecular complexity index is 953. The number of amides is 1. The Morgan fingerprint density at radius 2 is 1.65 bits per heavy atom. The maximum atomic E-state index is 12.9.